The van der Waals surface area contributed by atoms with Gasteiger partial charge in [0.05, 0.1) is 7.11 Å². The van der Waals surface area contributed by atoms with Gasteiger partial charge >= 0.3 is 5.97 Å². The molecular formula is C34H50N4O7S. The number of nitrogens with zero attached hydrogens (tertiary/aromatic N) is 2. The van der Waals surface area contributed by atoms with Gasteiger partial charge in [-0.3, -0.25) is 9.59 Å². The number of thioether (sulfide) groups is 1. The molecule has 254 valence electrons. The van der Waals surface area contributed by atoms with Crippen LogP contribution in [-0.2, 0) is 20.7 Å². The van der Waals surface area contributed by atoms with E-state index in [0.717, 1.165) is 23.3 Å². The molecule has 5 rings (SSSR count). The molecule has 3 aromatic rings. The van der Waals surface area contributed by atoms with Crippen LogP contribution in [0.15, 0.2) is 38.2 Å². The molecule has 46 heavy (non-hydrogen) atoms. The van der Waals surface area contributed by atoms with Gasteiger partial charge in [-0.25, -0.2) is 14.8 Å². The number of esters is 1. The van der Waals surface area contributed by atoms with Crippen molar-refractivity contribution >= 4 is 29.5 Å². The number of primary amides is 1. The van der Waals surface area contributed by atoms with E-state index in [1.165, 1.54) is 18.3 Å². The molecule has 3 atom stereocenters. The first-order chi connectivity index (χ1) is 21.8. The Bertz CT molecular complexity index is 1460. The molecule has 0 spiro atoms. The number of rotatable bonds is 4. The number of hydrogen-bond donors (Lipinski definition) is 3. The summed E-state index contributed by atoms with van der Waals surface area (Å²) in [4.78, 5) is 45.3. The highest BCUT2D eigenvalue weighted by molar-refractivity contribution is 7.99. The number of fused-ring (bicyclic) bond motifs is 4. The van der Waals surface area contributed by atoms with E-state index in [0.29, 0.717) is 30.2 Å². The molecule has 2 aromatic heterocycles. The first-order valence-corrected chi connectivity index (χ1v) is 16.9. The predicted octanol–water partition coefficient (Wildman–Crippen LogP) is 6.43. The Morgan fingerprint density at radius 1 is 1.13 bits per heavy atom. The summed E-state index contributed by atoms with van der Waals surface area (Å²) in [5.74, 6) is 0.741. The molecule has 0 fully saturated rings. The summed E-state index contributed by atoms with van der Waals surface area (Å²) in [5.41, 5.74) is 7.17. The van der Waals surface area contributed by atoms with Gasteiger partial charge in [-0.15, -0.1) is 11.8 Å². The third-order valence-electron chi connectivity index (χ3n) is 7.18. The SMILES string of the molecule is CC.CC.CC(C)C(O)C(N)=O.COC(=O)c1coc(-c2nc3oc2C2CCSc4ccc(cc42)CCC(=O)NC3C(C)(C)C)n1. The number of amides is 2. The fourth-order valence-corrected chi connectivity index (χ4v) is 5.89. The third-order valence-corrected chi connectivity index (χ3v) is 8.31. The Labute approximate surface area is 276 Å². The number of oxazole rings is 2. The number of benzene rings is 1. The van der Waals surface area contributed by atoms with Crippen LogP contribution in [0.4, 0.5) is 0 Å². The van der Waals surface area contributed by atoms with E-state index in [4.69, 9.17) is 29.4 Å². The van der Waals surface area contributed by atoms with Gasteiger partial charge in [-0.2, -0.15) is 0 Å². The molecule has 4 heterocycles. The topological polar surface area (TPSA) is 171 Å². The van der Waals surface area contributed by atoms with Crippen LogP contribution in [0.5, 0.6) is 0 Å². The molecule has 2 aliphatic heterocycles. The maximum atomic E-state index is 12.9. The molecule has 4 N–H and O–H groups in total. The molecule has 0 aliphatic carbocycles. The van der Waals surface area contributed by atoms with Crippen molar-refractivity contribution < 1.29 is 33.1 Å². The molecule has 11 nitrogen and oxygen atoms in total. The molecule has 2 aliphatic rings. The summed E-state index contributed by atoms with van der Waals surface area (Å²) in [5, 5.41) is 11.9. The second kappa shape index (κ2) is 17.3. The normalized spacial score (nSPS) is 17.6. The number of aliphatic hydroxyl groups excluding tert-OH is 1. The van der Waals surface area contributed by atoms with Crippen molar-refractivity contribution in [3.05, 3.63) is 52.9 Å². The van der Waals surface area contributed by atoms with E-state index < -0.39 is 24.0 Å². The van der Waals surface area contributed by atoms with Crippen LogP contribution in [0.25, 0.3) is 11.6 Å². The maximum Gasteiger partial charge on any atom is 0.360 e. The van der Waals surface area contributed by atoms with Crippen molar-refractivity contribution in [3.8, 4) is 11.6 Å². The monoisotopic (exact) mass is 658 g/mol. The number of nitrogens with one attached hydrogen (secondary N) is 1. The quantitative estimate of drug-likeness (QED) is 0.265. The first kappa shape index (κ1) is 38.5. The number of nitrogens with two attached hydrogens (primary N) is 1. The summed E-state index contributed by atoms with van der Waals surface area (Å²) in [6, 6.07) is 5.94. The maximum absolute atomic E-state index is 12.9. The predicted molar refractivity (Wildman–Crippen MR) is 178 cm³/mol. The van der Waals surface area contributed by atoms with Gasteiger partial charge < -0.3 is 29.7 Å². The van der Waals surface area contributed by atoms with E-state index in [2.05, 4.69) is 28.5 Å². The van der Waals surface area contributed by atoms with Crippen LogP contribution in [0.1, 0.15) is 120 Å². The van der Waals surface area contributed by atoms with E-state index in [1.807, 2.05) is 60.2 Å². The fourth-order valence-electron chi connectivity index (χ4n) is 4.78. The van der Waals surface area contributed by atoms with Gasteiger partial charge in [0.25, 0.3) is 0 Å². The molecule has 2 amide bonds. The highest BCUT2D eigenvalue weighted by atomic mass is 32.2. The summed E-state index contributed by atoms with van der Waals surface area (Å²) >= 11 is 1.82. The lowest BCUT2D eigenvalue weighted by atomic mass is 9.86. The van der Waals surface area contributed by atoms with Gasteiger partial charge in [-0.05, 0) is 47.1 Å². The zero-order chi connectivity index (χ0) is 34.8. The number of methoxy groups -OCH3 is 1. The second-order valence-corrected chi connectivity index (χ2v) is 13.0. The zero-order valence-electron chi connectivity index (χ0n) is 28.7. The largest absolute Gasteiger partial charge is 0.464 e. The summed E-state index contributed by atoms with van der Waals surface area (Å²) in [6.07, 6.45) is 2.18. The Kier molecular flexibility index (Phi) is 14.5. The Morgan fingerprint density at radius 2 is 1.80 bits per heavy atom. The number of aromatic nitrogens is 2. The molecular weight excluding hydrogens is 608 g/mol. The smallest absolute Gasteiger partial charge is 0.360 e. The molecule has 12 heteroatoms. The van der Waals surface area contributed by atoms with Crippen LogP contribution < -0.4 is 11.1 Å². The van der Waals surface area contributed by atoms with Crippen molar-refractivity contribution in [2.24, 2.45) is 17.1 Å². The van der Waals surface area contributed by atoms with Gasteiger partial charge in [-0.1, -0.05) is 74.4 Å². The molecule has 0 radical (unpaired) electrons. The van der Waals surface area contributed by atoms with Gasteiger partial charge in [0.2, 0.25) is 23.6 Å². The molecule has 0 saturated heterocycles. The van der Waals surface area contributed by atoms with Crippen molar-refractivity contribution in [3.63, 3.8) is 0 Å². The Morgan fingerprint density at radius 3 is 2.37 bits per heavy atom. The number of carbonyl (C=O) groups is 3. The number of aryl methyl sites for hydroxylation is 1. The molecule has 4 bridgehead atoms. The van der Waals surface area contributed by atoms with Gasteiger partial charge in [0.15, 0.2) is 11.4 Å². The van der Waals surface area contributed by atoms with Crippen LogP contribution >= 0.6 is 11.8 Å². The number of carbonyl (C=O) groups excluding carboxylic acids is 3. The highest BCUT2D eigenvalue weighted by Gasteiger charge is 2.37. The second-order valence-electron chi connectivity index (χ2n) is 11.8. The minimum Gasteiger partial charge on any atom is -0.464 e. The summed E-state index contributed by atoms with van der Waals surface area (Å²) < 4.78 is 16.9. The van der Waals surface area contributed by atoms with Crippen molar-refractivity contribution in [1.82, 2.24) is 15.3 Å². The fraction of sp³-hybridized carbons (Fsp3) is 0.559. The highest BCUT2D eigenvalue weighted by Crippen LogP contribution is 2.46. The van der Waals surface area contributed by atoms with E-state index >= 15 is 0 Å². The lowest BCUT2D eigenvalue weighted by Gasteiger charge is -2.29. The van der Waals surface area contributed by atoms with Crippen LogP contribution in [0.2, 0.25) is 0 Å². The van der Waals surface area contributed by atoms with Gasteiger partial charge in [0, 0.05) is 17.2 Å². The average molecular weight is 659 g/mol. The molecule has 0 saturated carbocycles. The number of hydrogen-bond acceptors (Lipinski definition) is 10. The average Bonchev–Trinajstić information content (AvgIpc) is 3.70. The zero-order valence-corrected chi connectivity index (χ0v) is 29.5. The third kappa shape index (κ3) is 9.45. The molecule has 3 unspecified atom stereocenters. The molecule has 1 aromatic carbocycles. The number of ether oxygens (including phenoxy) is 1. The van der Waals surface area contributed by atoms with Crippen molar-refractivity contribution in [1.29, 1.82) is 0 Å². The summed E-state index contributed by atoms with van der Waals surface area (Å²) in [7, 11) is 1.29. The van der Waals surface area contributed by atoms with E-state index in [-0.39, 0.29) is 34.7 Å². The van der Waals surface area contributed by atoms with Crippen LogP contribution in [0.3, 0.4) is 0 Å². The Hall–Kier alpha value is -3.64. The standard InChI is InChI=1S/C25H27N3O5S.C5H11NO2.2C2H6/c1-25(2,3)21-23-28-19(22-26-16(12-32-22)24(30)31-4)20(33-23)14-9-10-34-17-7-5-13(11-15(14)17)6-8-18(29)27-21;1-3(2)4(7)5(6)8;2*1-2/h5,7,11-12,14,21H,6,8-10H2,1-4H3,(H,27,29);3-4,7H,1-2H3,(H2,6,8);2*1-2H3. The van der Waals surface area contributed by atoms with Crippen LogP contribution in [0, 0.1) is 11.3 Å². The Balaban J connectivity index is 0.000000532. The minimum atomic E-state index is -0.991. The van der Waals surface area contributed by atoms with Crippen molar-refractivity contribution in [2.75, 3.05) is 12.9 Å². The lowest BCUT2D eigenvalue weighted by Crippen LogP contribution is -2.37. The lowest BCUT2D eigenvalue weighted by molar-refractivity contribution is -0.128. The summed E-state index contributed by atoms with van der Waals surface area (Å²) in [6.45, 7) is 17.6. The van der Waals surface area contributed by atoms with E-state index in [9.17, 15) is 14.4 Å². The van der Waals surface area contributed by atoms with Crippen LogP contribution in [-0.4, -0.2) is 51.8 Å². The van der Waals surface area contributed by atoms with E-state index in [1.54, 1.807) is 13.8 Å². The first-order valence-electron chi connectivity index (χ1n) is 15.9. The number of aliphatic hydroxyl groups is 1. The van der Waals surface area contributed by atoms with Gasteiger partial charge in [0.1, 0.15) is 24.2 Å². The minimum absolute atomic E-state index is 0.0447. The van der Waals surface area contributed by atoms with Crippen molar-refractivity contribution in [2.45, 2.75) is 105 Å².